The lowest BCUT2D eigenvalue weighted by atomic mass is 9.83. The van der Waals surface area contributed by atoms with Gasteiger partial charge in [-0.2, -0.15) is 13.2 Å². The number of carbonyl (C=O) groups is 1. The van der Waals surface area contributed by atoms with E-state index >= 15 is 0 Å². The molecule has 0 radical (unpaired) electrons. The molecule has 17 heavy (non-hydrogen) atoms. The molecule has 1 N–H and O–H groups in total. The van der Waals surface area contributed by atoms with Crippen molar-refractivity contribution >= 4 is 17.1 Å². The Hall–Kier alpha value is -0.950. The zero-order chi connectivity index (χ0) is 12.7. The Morgan fingerprint density at radius 1 is 1.35 bits per heavy atom. The van der Waals surface area contributed by atoms with E-state index in [1.54, 1.807) is 0 Å². The van der Waals surface area contributed by atoms with Gasteiger partial charge in [0.25, 0.3) is 0 Å². The lowest BCUT2D eigenvalue weighted by Crippen LogP contribution is -2.30. The molecule has 1 aliphatic carbocycles. The molecule has 94 valence electrons. The number of rotatable bonds is 1. The molecule has 0 amide bonds. The summed E-state index contributed by atoms with van der Waals surface area (Å²) in [7, 11) is 0. The van der Waals surface area contributed by atoms with Gasteiger partial charge in [-0.1, -0.05) is 0 Å². The van der Waals surface area contributed by atoms with Crippen molar-refractivity contribution in [3.05, 3.63) is 16.1 Å². The van der Waals surface area contributed by atoms with Crippen LogP contribution in [0.5, 0.6) is 0 Å². The number of halogens is 3. The molecule has 0 unspecified atom stereocenters. The predicted octanol–water partition coefficient (Wildman–Crippen LogP) is 2.49. The maximum absolute atomic E-state index is 12.4. The first-order valence-corrected chi connectivity index (χ1v) is 5.90. The van der Waals surface area contributed by atoms with E-state index in [4.69, 9.17) is 0 Å². The largest absolute Gasteiger partial charge is 0.443 e. The fraction of sp³-hybridized carbons (Fsp3) is 0.600. The second-order valence-electron chi connectivity index (χ2n) is 4.10. The van der Waals surface area contributed by atoms with Gasteiger partial charge < -0.3 is 5.11 Å². The summed E-state index contributed by atoms with van der Waals surface area (Å²) in [5.74, 6) is 0.0373. The highest BCUT2D eigenvalue weighted by Gasteiger charge is 2.40. The van der Waals surface area contributed by atoms with E-state index in [1.165, 1.54) is 0 Å². The summed E-state index contributed by atoms with van der Waals surface area (Å²) in [4.78, 5) is 14.5. The van der Waals surface area contributed by atoms with Gasteiger partial charge in [0.15, 0.2) is 5.01 Å². The number of ketones is 1. The van der Waals surface area contributed by atoms with E-state index < -0.39 is 16.8 Å². The topological polar surface area (TPSA) is 50.2 Å². The Kier molecular flexibility index (Phi) is 2.99. The average Bonchev–Trinajstić information content (AvgIpc) is 2.72. The van der Waals surface area contributed by atoms with E-state index in [2.05, 4.69) is 4.98 Å². The molecule has 0 spiro atoms. The first-order chi connectivity index (χ1) is 7.81. The molecule has 0 atom stereocenters. The third-order valence-corrected chi connectivity index (χ3v) is 4.08. The van der Waals surface area contributed by atoms with Crippen LogP contribution in [-0.4, -0.2) is 15.9 Å². The van der Waals surface area contributed by atoms with Gasteiger partial charge in [0, 0.05) is 19.0 Å². The lowest BCUT2D eigenvalue weighted by molar-refractivity contribution is -0.137. The van der Waals surface area contributed by atoms with Gasteiger partial charge >= 0.3 is 6.18 Å². The first-order valence-electron chi connectivity index (χ1n) is 5.09. The number of hydrogen-bond acceptors (Lipinski definition) is 4. The Morgan fingerprint density at radius 2 is 1.94 bits per heavy atom. The highest BCUT2D eigenvalue weighted by molar-refractivity contribution is 7.11. The average molecular weight is 265 g/mol. The fourth-order valence-electron chi connectivity index (χ4n) is 1.81. The molecule has 1 heterocycles. The minimum absolute atomic E-state index is 0.0373. The minimum Gasteiger partial charge on any atom is -0.384 e. The SMILES string of the molecule is O=C1CCC(O)(c2cnc(C(F)(F)F)s2)CC1. The molecular weight excluding hydrogens is 255 g/mol. The lowest BCUT2D eigenvalue weighted by Gasteiger charge is -2.29. The van der Waals surface area contributed by atoms with Crippen molar-refractivity contribution in [3.63, 3.8) is 0 Å². The normalized spacial score (nSPS) is 20.6. The van der Waals surface area contributed by atoms with Gasteiger partial charge in [0.2, 0.25) is 0 Å². The van der Waals surface area contributed by atoms with Crippen molar-refractivity contribution in [2.75, 3.05) is 0 Å². The van der Waals surface area contributed by atoms with E-state index in [9.17, 15) is 23.1 Å². The van der Waals surface area contributed by atoms with Crippen molar-refractivity contribution in [2.24, 2.45) is 0 Å². The number of aromatic nitrogens is 1. The second-order valence-corrected chi connectivity index (χ2v) is 5.13. The minimum atomic E-state index is -4.48. The summed E-state index contributed by atoms with van der Waals surface area (Å²) >= 11 is 0.449. The Balaban J connectivity index is 2.22. The Morgan fingerprint density at radius 3 is 2.41 bits per heavy atom. The molecular formula is C10H10F3NO2S. The van der Waals surface area contributed by atoms with Crippen molar-refractivity contribution in [1.29, 1.82) is 0 Å². The van der Waals surface area contributed by atoms with Crippen LogP contribution in [0, 0.1) is 0 Å². The molecule has 0 aliphatic heterocycles. The summed E-state index contributed by atoms with van der Waals surface area (Å²) in [6.07, 6.45) is -2.67. The van der Waals surface area contributed by atoms with Crippen molar-refractivity contribution in [1.82, 2.24) is 4.98 Å². The van der Waals surface area contributed by atoms with Crippen LogP contribution in [0.15, 0.2) is 6.20 Å². The quantitative estimate of drug-likeness (QED) is 0.848. The van der Waals surface area contributed by atoms with Crippen LogP contribution in [0.1, 0.15) is 35.6 Å². The van der Waals surface area contributed by atoms with Gasteiger partial charge in [-0.15, -0.1) is 11.3 Å². The predicted molar refractivity (Wildman–Crippen MR) is 54.5 cm³/mol. The Bertz CT molecular complexity index is 431. The fourth-order valence-corrected chi connectivity index (χ4v) is 2.74. The number of thiazole rings is 1. The molecule has 3 nitrogen and oxygen atoms in total. The molecule has 1 aromatic heterocycles. The molecule has 1 saturated carbocycles. The molecule has 0 aromatic carbocycles. The van der Waals surface area contributed by atoms with Crippen molar-refractivity contribution in [3.8, 4) is 0 Å². The highest BCUT2D eigenvalue weighted by Crippen LogP contribution is 2.41. The van der Waals surface area contributed by atoms with E-state index in [-0.39, 0.29) is 36.3 Å². The van der Waals surface area contributed by atoms with Crippen LogP contribution in [0.25, 0.3) is 0 Å². The van der Waals surface area contributed by atoms with Crippen LogP contribution in [0.3, 0.4) is 0 Å². The molecule has 1 aromatic rings. The van der Waals surface area contributed by atoms with Crippen LogP contribution in [0.2, 0.25) is 0 Å². The number of alkyl halides is 3. The monoisotopic (exact) mass is 265 g/mol. The maximum Gasteiger partial charge on any atom is 0.443 e. The van der Waals surface area contributed by atoms with Gasteiger partial charge in [0.1, 0.15) is 11.4 Å². The van der Waals surface area contributed by atoms with Gasteiger partial charge in [-0.25, -0.2) is 4.98 Å². The summed E-state index contributed by atoms with van der Waals surface area (Å²) in [5, 5.41) is 9.23. The first kappa shape index (κ1) is 12.5. The van der Waals surface area contributed by atoms with Crippen LogP contribution in [0.4, 0.5) is 13.2 Å². The number of Topliss-reactive ketones (excluding diaryl/α,β-unsaturated/α-hetero) is 1. The molecule has 2 rings (SSSR count). The summed E-state index contributed by atoms with van der Waals surface area (Å²) in [6, 6.07) is 0. The van der Waals surface area contributed by atoms with Crippen LogP contribution < -0.4 is 0 Å². The number of nitrogens with zero attached hydrogens (tertiary/aromatic N) is 1. The van der Waals surface area contributed by atoms with Crippen LogP contribution in [-0.2, 0) is 16.6 Å². The Labute approximate surface area is 99.3 Å². The number of hydrogen-bond donors (Lipinski definition) is 1. The van der Waals surface area contributed by atoms with Crippen LogP contribution >= 0.6 is 11.3 Å². The summed E-state index contributed by atoms with van der Waals surface area (Å²) < 4.78 is 37.1. The van der Waals surface area contributed by atoms with Gasteiger partial charge in [-0.05, 0) is 12.8 Å². The number of carbonyl (C=O) groups excluding carboxylic acids is 1. The zero-order valence-corrected chi connectivity index (χ0v) is 9.57. The molecule has 0 bridgehead atoms. The van der Waals surface area contributed by atoms with Crippen molar-refractivity contribution in [2.45, 2.75) is 37.5 Å². The number of aliphatic hydroxyl groups is 1. The zero-order valence-electron chi connectivity index (χ0n) is 8.75. The van der Waals surface area contributed by atoms with Crippen molar-refractivity contribution < 1.29 is 23.1 Å². The molecule has 1 aliphatic rings. The van der Waals surface area contributed by atoms with E-state index in [1.807, 2.05) is 0 Å². The van der Waals surface area contributed by atoms with Gasteiger partial charge in [0.05, 0.1) is 4.88 Å². The third kappa shape index (κ3) is 2.50. The summed E-state index contributed by atoms with van der Waals surface area (Å²) in [5.41, 5.74) is -1.32. The second kappa shape index (κ2) is 4.06. The third-order valence-electron chi connectivity index (χ3n) is 2.84. The smallest absolute Gasteiger partial charge is 0.384 e. The summed E-state index contributed by atoms with van der Waals surface area (Å²) in [6.45, 7) is 0. The maximum atomic E-state index is 12.4. The van der Waals surface area contributed by atoms with E-state index in [0.29, 0.717) is 11.3 Å². The molecule has 7 heteroatoms. The van der Waals surface area contributed by atoms with E-state index in [0.717, 1.165) is 6.20 Å². The molecule has 1 fully saturated rings. The molecule has 0 saturated heterocycles. The highest BCUT2D eigenvalue weighted by atomic mass is 32.1. The van der Waals surface area contributed by atoms with Gasteiger partial charge in [-0.3, -0.25) is 4.79 Å². The standard InChI is InChI=1S/C10H10F3NO2S/c11-10(12,13)8-14-5-7(17-8)9(16)3-1-6(15)2-4-9/h5,16H,1-4H2.